The molecule has 0 aliphatic heterocycles. The smallest absolute Gasteiger partial charge is 0.206 e. The highest BCUT2D eigenvalue weighted by Crippen LogP contribution is 2.06. The molecule has 0 fully saturated rings. The van der Waals surface area contributed by atoms with E-state index in [1.54, 1.807) is 6.07 Å². The summed E-state index contributed by atoms with van der Waals surface area (Å²) in [5, 5.41) is 0. The van der Waals surface area contributed by atoms with Crippen molar-refractivity contribution in [3.8, 4) is 0 Å². The van der Waals surface area contributed by atoms with Crippen LogP contribution >= 0.6 is 0 Å². The third-order valence-corrected chi connectivity index (χ3v) is 2.19. The molecule has 1 aromatic rings. The van der Waals surface area contributed by atoms with Gasteiger partial charge < -0.3 is 4.42 Å². The fourth-order valence-electron chi connectivity index (χ4n) is 1.25. The van der Waals surface area contributed by atoms with Crippen molar-refractivity contribution in [2.75, 3.05) is 0 Å². The molecule has 0 atom stereocenters. The molecule has 0 amide bonds. The topological polar surface area (TPSA) is 64.3 Å². The van der Waals surface area contributed by atoms with E-state index in [1.165, 1.54) is 12.3 Å². The normalized spacial score (nSPS) is 10.1. The van der Waals surface area contributed by atoms with Gasteiger partial charge in [0.05, 0.1) is 12.7 Å². The third-order valence-electron chi connectivity index (χ3n) is 2.19. The van der Waals surface area contributed by atoms with Crippen LogP contribution in [0.3, 0.4) is 0 Å². The molecule has 1 aromatic heterocycles. The molecule has 4 nitrogen and oxygen atoms in total. The predicted molar refractivity (Wildman–Crippen MR) is 57.2 cm³/mol. The van der Waals surface area contributed by atoms with Crippen molar-refractivity contribution >= 4 is 17.3 Å². The Kier molecular flexibility index (Phi) is 4.64. The summed E-state index contributed by atoms with van der Waals surface area (Å²) in [6.45, 7) is 1.94. The first-order valence-electron chi connectivity index (χ1n) is 5.28. The second-order valence-corrected chi connectivity index (χ2v) is 3.53. The Hall–Kier alpha value is -1.71. The number of hydrogen-bond acceptors (Lipinski definition) is 4. The molecule has 0 bridgehead atoms. The SMILES string of the molecule is CCCCC(=O)C(=O)CC(=O)c1ccco1. The number of hydrogen-bond donors (Lipinski definition) is 0. The van der Waals surface area contributed by atoms with E-state index in [2.05, 4.69) is 0 Å². The van der Waals surface area contributed by atoms with Crippen LogP contribution in [0, 0.1) is 0 Å². The lowest BCUT2D eigenvalue weighted by Crippen LogP contribution is -2.17. The van der Waals surface area contributed by atoms with Crippen molar-refractivity contribution in [1.82, 2.24) is 0 Å². The van der Waals surface area contributed by atoms with E-state index in [9.17, 15) is 14.4 Å². The third kappa shape index (κ3) is 3.46. The summed E-state index contributed by atoms with van der Waals surface area (Å²) in [6, 6.07) is 3.04. The lowest BCUT2D eigenvalue weighted by atomic mass is 10.1. The number of furan rings is 1. The summed E-state index contributed by atoms with van der Waals surface area (Å²) in [6.07, 6.45) is 2.72. The minimum absolute atomic E-state index is 0.122. The Morgan fingerprint density at radius 3 is 2.56 bits per heavy atom. The molecule has 0 unspecified atom stereocenters. The van der Waals surface area contributed by atoms with E-state index in [4.69, 9.17) is 4.42 Å². The predicted octanol–water partition coefficient (Wildman–Crippen LogP) is 2.18. The van der Waals surface area contributed by atoms with Gasteiger partial charge in [0.1, 0.15) is 0 Å². The second kappa shape index (κ2) is 6.00. The highest BCUT2D eigenvalue weighted by atomic mass is 16.3. The Balaban J connectivity index is 2.45. The van der Waals surface area contributed by atoms with Crippen molar-refractivity contribution in [2.45, 2.75) is 32.6 Å². The van der Waals surface area contributed by atoms with Gasteiger partial charge in [-0.15, -0.1) is 0 Å². The largest absolute Gasteiger partial charge is 0.461 e. The van der Waals surface area contributed by atoms with Crippen LogP contribution in [-0.4, -0.2) is 17.3 Å². The van der Waals surface area contributed by atoms with E-state index >= 15 is 0 Å². The standard InChI is InChI=1S/C12H14O4/c1-2-3-5-9(13)10(14)8-11(15)12-6-4-7-16-12/h4,6-7H,2-3,5,8H2,1H3. The Bertz CT molecular complexity index is 376. The van der Waals surface area contributed by atoms with Gasteiger partial charge in [-0.3, -0.25) is 14.4 Å². The maximum Gasteiger partial charge on any atom is 0.206 e. The van der Waals surface area contributed by atoms with Gasteiger partial charge in [0.15, 0.2) is 11.5 Å². The van der Waals surface area contributed by atoms with Gasteiger partial charge in [0, 0.05) is 6.42 Å². The maximum absolute atomic E-state index is 11.4. The van der Waals surface area contributed by atoms with E-state index in [-0.39, 0.29) is 12.2 Å². The molecular formula is C12H14O4. The first-order valence-corrected chi connectivity index (χ1v) is 5.28. The molecule has 0 aromatic carbocycles. The minimum atomic E-state index is -0.630. The van der Waals surface area contributed by atoms with E-state index < -0.39 is 23.8 Å². The fraction of sp³-hybridized carbons (Fsp3) is 0.417. The molecule has 0 spiro atoms. The lowest BCUT2D eigenvalue weighted by molar-refractivity contribution is -0.136. The Morgan fingerprint density at radius 2 is 2.00 bits per heavy atom. The molecule has 0 radical (unpaired) electrons. The Morgan fingerprint density at radius 1 is 1.25 bits per heavy atom. The summed E-state index contributed by atoms with van der Waals surface area (Å²) in [7, 11) is 0. The molecule has 1 rings (SSSR count). The summed E-state index contributed by atoms with van der Waals surface area (Å²) in [4.78, 5) is 34.0. The molecule has 0 aliphatic rings. The molecule has 0 saturated carbocycles. The van der Waals surface area contributed by atoms with E-state index in [1.807, 2.05) is 6.92 Å². The highest BCUT2D eigenvalue weighted by Gasteiger charge is 2.19. The first kappa shape index (κ1) is 12.4. The van der Waals surface area contributed by atoms with Crippen LogP contribution in [0.1, 0.15) is 43.2 Å². The molecule has 4 heteroatoms. The van der Waals surface area contributed by atoms with Crippen LogP contribution in [0.5, 0.6) is 0 Å². The van der Waals surface area contributed by atoms with Gasteiger partial charge in [-0.25, -0.2) is 0 Å². The number of carbonyl (C=O) groups is 3. The van der Waals surface area contributed by atoms with Crippen LogP contribution in [0.15, 0.2) is 22.8 Å². The van der Waals surface area contributed by atoms with Gasteiger partial charge in [-0.2, -0.15) is 0 Å². The number of rotatable bonds is 7. The lowest BCUT2D eigenvalue weighted by Gasteiger charge is -1.97. The number of Topliss-reactive ketones (excluding diaryl/α,β-unsaturated/α-hetero) is 3. The molecule has 0 saturated heterocycles. The molecule has 0 aliphatic carbocycles. The average Bonchev–Trinajstić information content (AvgIpc) is 2.79. The molecule has 0 N–H and O–H groups in total. The van der Waals surface area contributed by atoms with Gasteiger partial charge in [0.25, 0.3) is 0 Å². The average molecular weight is 222 g/mol. The molecule has 1 heterocycles. The summed E-state index contributed by atoms with van der Waals surface area (Å²) >= 11 is 0. The van der Waals surface area contributed by atoms with Crippen LogP contribution < -0.4 is 0 Å². The second-order valence-electron chi connectivity index (χ2n) is 3.53. The summed E-state index contributed by atoms with van der Waals surface area (Å²) < 4.78 is 4.84. The van der Waals surface area contributed by atoms with Crippen molar-refractivity contribution in [2.24, 2.45) is 0 Å². The van der Waals surface area contributed by atoms with E-state index in [0.29, 0.717) is 6.42 Å². The number of carbonyl (C=O) groups excluding carboxylic acids is 3. The van der Waals surface area contributed by atoms with Crippen molar-refractivity contribution in [1.29, 1.82) is 0 Å². The monoisotopic (exact) mass is 222 g/mol. The first-order chi connectivity index (χ1) is 7.65. The van der Waals surface area contributed by atoms with Crippen molar-refractivity contribution in [3.63, 3.8) is 0 Å². The fourth-order valence-corrected chi connectivity index (χ4v) is 1.25. The van der Waals surface area contributed by atoms with Crippen molar-refractivity contribution < 1.29 is 18.8 Å². The summed E-state index contributed by atoms with van der Waals surface area (Å²) in [5.41, 5.74) is 0. The van der Waals surface area contributed by atoms with Crippen molar-refractivity contribution in [3.05, 3.63) is 24.2 Å². The summed E-state index contributed by atoms with van der Waals surface area (Å²) in [5.74, 6) is -1.42. The zero-order chi connectivity index (χ0) is 12.0. The van der Waals surface area contributed by atoms with E-state index in [0.717, 1.165) is 6.42 Å². The number of ketones is 3. The Labute approximate surface area is 93.6 Å². The minimum Gasteiger partial charge on any atom is -0.461 e. The maximum atomic E-state index is 11.4. The molecular weight excluding hydrogens is 208 g/mol. The zero-order valence-corrected chi connectivity index (χ0v) is 9.19. The van der Waals surface area contributed by atoms with Crippen LogP contribution in [-0.2, 0) is 9.59 Å². The van der Waals surface area contributed by atoms with Gasteiger partial charge >= 0.3 is 0 Å². The van der Waals surface area contributed by atoms with Gasteiger partial charge in [-0.1, -0.05) is 13.3 Å². The number of unbranched alkanes of at least 4 members (excludes halogenated alkanes) is 1. The highest BCUT2D eigenvalue weighted by molar-refractivity contribution is 6.40. The zero-order valence-electron chi connectivity index (χ0n) is 9.19. The van der Waals surface area contributed by atoms with Crippen LogP contribution in [0.4, 0.5) is 0 Å². The quantitative estimate of drug-likeness (QED) is 0.403. The van der Waals surface area contributed by atoms with Crippen LogP contribution in [0.25, 0.3) is 0 Å². The molecule has 86 valence electrons. The van der Waals surface area contributed by atoms with Gasteiger partial charge in [0.2, 0.25) is 11.6 Å². The van der Waals surface area contributed by atoms with Crippen LogP contribution in [0.2, 0.25) is 0 Å². The van der Waals surface area contributed by atoms with Gasteiger partial charge in [-0.05, 0) is 18.6 Å². The molecule has 16 heavy (non-hydrogen) atoms.